The van der Waals surface area contributed by atoms with Crippen LogP contribution in [0.15, 0.2) is 18.2 Å². The quantitative estimate of drug-likeness (QED) is 0.882. The van der Waals surface area contributed by atoms with Gasteiger partial charge < -0.3 is 10.3 Å². The van der Waals surface area contributed by atoms with Crippen molar-refractivity contribution in [2.45, 2.75) is 46.2 Å². The first-order valence-corrected chi connectivity index (χ1v) is 6.15. The van der Waals surface area contributed by atoms with Crippen molar-refractivity contribution in [2.75, 3.05) is 0 Å². The molecular formula is C14H21N3. The van der Waals surface area contributed by atoms with Crippen LogP contribution >= 0.6 is 0 Å². The highest BCUT2D eigenvalue weighted by Crippen LogP contribution is 2.19. The lowest BCUT2D eigenvalue weighted by Gasteiger charge is -2.18. The molecular weight excluding hydrogens is 210 g/mol. The largest absolute Gasteiger partial charge is 0.329 e. The third-order valence-corrected chi connectivity index (χ3v) is 2.98. The molecule has 17 heavy (non-hydrogen) atoms. The van der Waals surface area contributed by atoms with Gasteiger partial charge in [0.25, 0.3) is 0 Å². The van der Waals surface area contributed by atoms with E-state index in [9.17, 15) is 0 Å². The predicted octanol–water partition coefficient (Wildman–Crippen LogP) is 2.64. The molecule has 3 nitrogen and oxygen atoms in total. The minimum absolute atomic E-state index is 0.171. The van der Waals surface area contributed by atoms with Gasteiger partial charge in [-0.15, -0.1) is 0 Å². The molecule has 0 aliphatic rings. The predicted molar refractivity (Wildman–Crippen MR) is 72.1 cm³/mol. The van der Waals surface area contributed by atoms with E-state index < -0.39 is 0 Å². The van der Waals surface area contributed by atoms with E-state index in [0.29, 0.717) is 0 Å². The maximum absolute atomic E-state index is 6.05. The zero-order chi connectivity index (χ0) is 12.6. The Morgan fingerprint density at radius 3 is 2.65 bits per heavy atom. The van der Waals surface area contributed by atoms with Crippen LogP contribution in [0.5, 0.6) is 0 Å². The van der Waals surface area contributed by atoms with E-state index in [-0.39, 0.29) is 5.54 Å². The number of nitrogens with zero attached hydrogens (tertiary/aromatic N) is 2. The molecule has 92 valence electrons. The molecule has 0 aliphatic heterocycles. The molecule has 1 aromatic heterocycles. The average Bonchev–Trinajstić information content (AvgIpc) is 2.50. The molecule has 1 aromatic carbocycles. The topological polar surface area (TPSA) is 43.8 Å². The lowest BCUT2D eigenvalue weighted by Crippen LogP contribution is -2.34. The van der Waals surface area contributed by atoms with Gasteiger partial charge >= 0.3 is 0 Å². The molecule has 0 saturated carbocycles. The third kappa shape index (κ3) is 2.50. The standard InChI is InChI=1S/C14H21N3/c1-5-17-10(2)16-12-8-11(6-7-13(12)17)9-14(3,4)15/h6-8H,5,9,15H2,1-4H3. The van der Waals surface area contributed by atoms with E-state index in [4.69, 9.17) is 5.73 Å². The summed E-state index contributed by atoms with van der Waals surface area (Å²) in [6, 6.07) is 6.47. The number of imidazole rings is 1. The van der Waals surface area contributed by atoms with Crippen LogP contribution in [0.3, 0.4) is 0 Å². The molecule has 2 rings (SSSR count). The van der Waals surface area contributed by atoms with Gasteiger partial charge in [0.2, 0.25) is 0 Å². The first-order chi connectivity index (χ1) is 7.90. The Morgan fingerprint density at radius 2 is 2.06 bits per heavy atom. The highest BCUT2D eigenvalue weighted by atomic mass is 15.1. The van der Waals surface area contributed by atoms with Gasteiger partial charge in [-0.05, 0) is 51.8 Å². The number of hydrogen-bond acceptors (Lipinski definition) is 2. The number of fused-ring (bicyclic) bond motifs is 1. The van der Waals surface area contributed by atoms with Crippen molar-refractivity contribution >= 4 is 11.0 Å². The van der Waals surface area contributed by atoms with E-state index in [1.807, 2.05) is 13.8 Å². The normalized spacial score (nSPS) is 12.3. The van der Waals surface area contributed by atoms with Crippen molar-refractivity contribution in [3.05, 3.63) is 29.6 Å². The van der Waals surface area contributed by atoms with E-state index in [2.05, 4.69) is 41.6 Å². The van der Waals surface area contributed by atoms with E-state index in [1.54, 1.807) is 0 Å². The highest BCUT2D eigenvalue weighted by molar-refractivity contribution is 5.76. The van der Waals surface area contributed by atoms with Gasteiger partial charge in [-0.2, -0.15) is 0 Å². The molecule has 0 bridgehead atoms. The minimum Gasteiger partial charge on any atom is -0.329 e. The lowest BCUT2D eigenvalue weighted by atomic mass is 9.96. The summed E-state index contributed by atoms with van der Waals surface area (Å²) in [5.74, 6) is 1.08. The summed E-state index contributed by atoms with van der Waals surface area (Å²) < 4.78 is 2.23. The van der Waals surface area contributed by atoms with Crippen molar-refractivity contribution in [1.82, 2.24) is 9.55 Å². The van der Waals surface area contributed by atoms with Crippen molar-refractivity contribution < 1.29 is 0 Å². The molecule has 0 atom stereocenters. The fourth-order valence-electron chi connectivity index (χ4n) is 2.33. The Kier molecular flexibility index (Phi) is 2.96. The summed E-state index contributed by atoms with van der Waals surface area (Å²) >= 11 is 0. The zero-order valence-corrected chi connectivity index (χ0v) is 11.1. The Morgan fingerprint density at radius 1 is 1.35 bits per heavy atom. The van der Waals surface area contributed by atoms with Gasteiger partial charge in [-0.1, -0.05) is 6.07 Å². The Balaban J connectivity index is 2.45. The summed E-state index contributed by atoms with van der Waals surface area (Å²) in [6.07, 6.45) is 0.876. The summed E-state index contributed by atoms with van der Waals surface area (Å²) in [5.41, 5.74) is 9.42. The van der Waals surface area contributed by atoms with Crippen LogP contribution in [0, 0.1) is 6.92 Å². The summed E-state index contributed by atoms with van der Waals surface area (Å²) in [4.78, 5) is 4.60. The SMILES string of the molecule is CCn1c(C)nc2cc(CC(C)(C)N)ccc21. The zero-order valence-electron chi connectivity index (χ0n) is 11.1. The van der Waals surface area contributed by atoms with Crippen LogP contribution in [-0.4, -0.2) is 15.1 Å². The van der Waals surface area contributed by atoms with E-state index in [1.165, 1.54) is 11.1 Å². The summed E-state index contributed by atoms with van der Waals surface area (Å²) in [6.45, 7) is 9.26. The van der Waals surface area contributed by atoms with Crippen LogP contribution in [0.4, 0.5) is 0 Å². The highest BCUT2D eigenvalue weighted by Gasteiger charge is 2.13. The number of rotatable bonds is 3. The molecule has 0 unspecified atom stereocenters. The fraction of sp³-hybridized carbons (Fsp3) is 0.500. The van der Waals surface area contributed by atoms with E-state index in [0.717, 1.165) is 24.3 Å². The lowest BCUT2D eigenvalue weighted by molar-refractivity contribution is 0.517. The van der Waals surface area contributed by atoms with Crippen molar-refractivity contribution in [2.24, 2.45) is 5.73 Å². The van der Waals surface area contributed by atoms with Gasteiger partial charge in [0.1, 0.15) is 5.82 Å². The second-order valence-corrected chi connectivity index (χ2v) is 5.39. The summed E-state index contributed by atoms with van der Waals surface area (Å²) in [7, 11) is 0. The number of aryl methyl sites for hydroxylation is 2. The van der Waals surface area contributed by atoms with Crippen LogP contribution < -0.4 is 5.73 Å². The molecule has 0 aliphatic carbocycles. The molecule has 0 fully saturated rings. The number of benzene rings is 1. The molecule has 3 heteroatoms. The second-order valence-electron chi connectivity index (χ2n) is 5.39. The molecule has 2 aromatic rings. The van der Waals surface area contributed by atoms with Crippen LogP contribution in [-0.2, 0) is 13.0 Å². The number of nitrogens with two attached hydrogens (primary N) is 1. The van der Waals surface area contributed by atoms with Crippen molar-refractivity contribution in [3.63, 3.8) is 0 Å². The fourth-order valence-corrected chi connectivity index (χ4v) is 2.33. The number of aromatic nitrogens is 2. The van der Waals surface area contributed by atoms with Crippen molar-refractivity contribution in [3.8, 4) is 0 Å². The Hall–Kier alpha value is -1.35. The Bertz CT molecular complexity index is 532. The van der Waals surface area contributed by atoms with Gasteiger partial charge in [-0.25, -0.2) is 4.98 Å². The molecule has 0 spiro atoms. The smallest absolute Gasteiger partial charge is 0.106 e. The molecule has 1 heterocycles. The van der Waals surface area contributed by atoms with Gasteiger partial charge in [0, 0.05) is 12.1 Å². The summed E-state index contributed by atoms with van der Waals surface area (Å²) in [5, 5.41) is 0. The molecule has 2 N–H and O–H groups in total. The monoisotopic (exact) mass is 231 g/mol. The number of hydrogen-bond donors (Lipinski definition) is 1. The van der Waals surface area contributed by atoms with Gasteiger partial charge in [0.15, 0.2) is 0 Å². The van der Waals surface area contributed by atoms with Gasteiger partial charge in [0.05, 0.1) is 11.0 Å². The maximum atomic E-state index is 6.05. The molecule has 0 radical (unpaired) electrons. The molecule has 0 amide bonds. The minimum atomic E-state index is -0.171. The van der Waals surface area contributed by atoms with Gasteiger partial charge in [-0.3, -0.25) is 0 Å². The van der Waals surface area contributed by atoms with Crippen molar-refractivity contribution in [1.29, 1.82) is 0 Å². The Labute approximate surface area is 103 Å². The first-order valence-electron chi connectivity index (χ1n) is 6.15. The first kappa shape index (κ1) is 12.1. The third-order valence-electron chi connectivity index (χ3n) is 2.98. The van der Waals surface area contributed by atoms with Crippen LogP contribution in [0.2, 0.25) is 0 Å². The van der Waals surface area contributed by atoms with E-state index >= 15 is 0 Å². The molecule has 0 saturated heterocycles. The maximum Gasteiger partial charge on any atom is 0.106 e. The average molecular weight is 231 g/mol. The van der Waals surface area contributed by atoms with Crippen LogP contribution in [0.25, 0.3) is 11.0 Å². The van der Waals surface area contributed by atoms with Crippen LogP contribution in [0.1, 0.15) is 32.2 Å². The second kappa shape index (κ2) is 4.15.